The van der Waals surface area contributed by atoms with Gasteiger partial charge in [-0.15, -0.1) is 5.10 Å². The van der Waals surface area contributed by atoms with E-state index in [1.165, 1.54) is 25.8 Å². The Morgan fingerprint density at radius 3 is 2.68 bits per heavy atom. The number of benzene rings is 2. The third-order valence-corrected chi connectivity index (χ3v) is 6.85. The monoisotopic (exact) mass is 454 g/mol. The number of hydrogen-bond acceptors (Lipinski definition) is 5. The summed E-state index contributed by atoms with van der Waals surface area (Å²) in [4.78, 5) is 33.0. The van der Waals surface area contributed by atoms with Gasteiger partial charge in [0.15, 0.2) is 5.65 Å². The molecule has 6 rings (SSSR count). The molecule has 4 aromatic rings. The number of fused-ring (bicyclic) bond motifs is 3. The number of aryl methyl sites for hydroxylation is 2. The van der Waals surface area contributed by atoms with E-state index in [-0.39, 0.29) is 24.2 Å². The van der Waals surface area contributed by atoms with E-state index < -0.39 is 0 Å². The normalized spacial score (nSPS) is 17.0. The van der Waals surface area contributed by atoms with Crippen molar-refractivity contribution >= 4 is 17.5 Å². The lowest BCUT2D eigenvalue weighted by Gasteiger charge is -2.29. The zero-order valence-corrected chi connectivity index (χ0v) is 19.1. The molecule has 0 spiro atoms. The Morgan fingerprint density at radius 2 is 1.82 bits per heavy atom. The van der Waals surface area contributed by atoms with E-state index in [1.807, 2.05) is 25.1 Å². The lowest BCUT2D eigenvalue weighted by atomic mass is 10.0. The Morgan fingerprint density at radius 1 is 1.06 bits per heavy atom. The summed E-state index contributed by atoms with van der Waals surface area (Å²) in [6, 6.07) is 18.3. The minimum Gasteiger partial charge on any atom is -0.348 e. The van der Waals surface area contributed by atoms with Crippen LogP contribution in [-0.4, -0.2) is 31.6 Å². The summed E-state index contributed by atoms with van der Waals surface area (Å²) < 4.78 is 2.77. The number of carbonyl (C=O) groups excluding carboxylic acids is 1. The second kappa shape index (κ2) is 8.13. The van der Waals surface area contributed by atoms with Gasteiger partial charge in [0, 0.05) is 24.8 Å². The maximum absolute atomic E-state index is 13.3. The minimum atomic E-state index is -0.349. The van der Waals surface area contributed by atoms with Crippen molar-refractivity contribution in [3.63, 3.8) is 0 Å². The van der Waals surface area contributed by atoms with Gasteiger partial charge in [-0.3, -0.25) is 4.79 Å². The summed E-state index contributed by atoms with van der Waals surface area (Å²) in [5.74, 6) is 0.358. The summed E-state index contributed by atoms with van der Waals surface area (Å²) in [5, 5.41) is 7.55. The number of aromatic nitrogens is 4. The first-order chi connectivity index (χ1) is 16.6. The first-order valence-corrected chi connectivity index (χ1v) is 11.7. The van der Waals surface area contributed by atoms with E-state index in [0.29, 0.717) is 18.1 Å². The molecule has 34 heavy (non-hydrogen) atoms. The Hall–Kier alpha value is -3.94. The lowest BCUT2D eigenvalue weighted by molar-refractivity contribution is -0.122. The van der Waals surface area contributed by atoms with E-state index in [0.717, 1.165) is 37.1 Å². The van der Waals surface area contributed by atoms with E-state index in [4.69, 9.17) is 4.98 Å². The number of nitrogens with zero attached hydrogens (tertiary/aromatic N) is 5. The molecule has 0 bridgehead atoms. The SMILES string of the molecule is Cc1cc2nn(CC(=O)N[C@H]3CCc4ccccc43)c(=O)n2c(N2CCc3ccccc3C2)n1. The van der Waals surface area contributed by atoms with Crippen LogP contribution in [-0.2, 0) is 30.7 Å². The maximum atomic E-state index is 13.3. The van der Waals surface area contributed by atoms with Gasteiger partial charge in [-0.05, 0) is 48.4 Å². The zero-order chi connectivity index (χ0) is 23.2. The molecule has 0 unspecified atom stereocenters. The molecule has 2 aromatic carbocycles. The molecule has 1 aliphatic heterocycles. The van der Waals surface area contributed by atoms with Crippen LogP contribution in [0.4, 0.5) is 5.95 Å². The molecule has 0 fully saturated rings. The van der Waals surface area contributed by atoms with Gasteiger partial charge in [0.2, 0.25) is 11.9 Å². The van der Waals surface area contributed by atoms with Crippen LogP contribution in [0.2, 0.25) is 0 Å². The van der Waals surface area contributed by atoms with Crippen molar-refractivity contribution in [3.05, 3.63) is 93.0 Å². The van der Waals surface area contributed by atoms with Gasteiger partial charge < -0.3 is 10.2 Å². The smallest absolute Gasteiger partial charge is 0.348 e. The molecule has 3 heterocycles. The molecule has 0 radical (unpaired) electrons. The summed E-state index contributed by atoms with van der Waals surface area (Å²) >= 11 is 0. The standard InChI is InChI=1S/C26H26N6O2/c1-17-14-23-29-31(16-24(33)28-22-11-10-19-7-4-5-9-21(19)22)26(34)32(23)25(27-17)30-13-12-18-6-2-3-8-20(18)15-30/h2-9,14,22H,10-13,15-16H2,1H3,(H,28,33)/t22-/m0/s1. The van der Waals surface area contributed by atoms with Gasteiger partial charge in [0.25, 0.3) is 0 Å². The topological polar surface area (TPSA) is 84.5 Å². The van der Waals surface area contributed by atoms with E-state index in [1.54, 1.807) is 6.07 Å². The van der Waals surface area contributed by atoms with E-state index in [2.05, 4.69) is 45.6 Å². The van der Waals surface area contributed by atoms with Gasteiger partial charge in [0.05, 0.1) is 6.04 Å². The van der Waals surface area contributed by atoms with Gasteiger partial charge in [-0.25, -0.2) is 18.9 Å². The minimum absolute atomic E-state index is 0.0238. The van der Waals surface area contributed by atoms with Crippen molar-refractivity contribution in [2.24, 2.45) is 0 Å². The highest BCUT2D eigenvalue weighted by atomic mass is 16.2. The molecular weight excluding hydrogens is 428 g/mol. The number of nitrogens with one attached hydrogen (secondary N) is 1. The summed E-state index contributed by atoms with van der Waals surface area (Å²) in [6.07, 6.45) is 2.71. The molecule has 1 amide bonds. The van der Waals surface area contributed by atoms with Gasteiger partial charge in [0.1, 0.15) is 6.54 Å². The highest BCUT2D eigenvalue weighted by Gasteiger charge is 2.25. The lowest BCUT2D eigenvalue weighted by Crippen LogP contribution is -2.36. The molecule has 1 N–H and O–H groups in total. The van der Waals surface area contributed by atoms with Gasteiger partial charge in [-0.2, -0.15) is 0 Å². The Balaban J connectivity index is 1.28. The number of amides is 1. The fraction of sp³-hybridized carbons (Fsp3) is 0.308. The van der Waals surface area contributed by atoms with Crippen LogP contribution in [0.5, 0.6) is 0 Å². The largest absolute Gasteiger partial charge is 0.353 e. The number of rotatable bonds is 4. The fourth-order valence-corrected chi connectivity index (χ4v) is 5.20. The van der Waals surface area contributed by atoms with E-state index >= 15 is 0 Å². The number of anilines is 1. The van der Waals surface area contributed by atoms with Crippen LogP contribution < -0.4 is 15.9 Å². The predicted molar refractivity (Wildman–Crippen MR) is 129 cm³/mol. The average Bonchev–Trinajstić information content (AvgIpc) is 3.38. The van der Waals surface area contributed by atoms with E-state index in [9.17, 15) is 9.59 Å². The molecule has 0 saturated heterocycles. The summed E-state index contributed by atoms with van der Waals surface area (Å²) in [7, 11) is 0. The average molecular weight is 455 g/mol. The highest BCUT2D eigenvalue weighted by Crippen LogP contribution is 2.30. The van der Waals surface area contributed by atoms with Gasteiger partial charge >= 0.3 is 5.69 Å². The third-order valence-electron chi connectivity index (χ3n) is 6.85. The summed E-state index contributed by atoms with van der Waals surface area (Å²) in [6.45, 7) is 3.22. The second-order valence-electron chi connectivity index (χ2n) is 9.13. The number of carbonyl (C=O) groups is 1. The molecule has 2 aliphatic rings. The van der Waals surface area contributed by atoms with Crippen LogP contribution in [0.3, 0.4) is 0 Å². The molecular formula is C26H26N6O2. The van der Waals surface area contributed by atoms with Crippen LogP contribution in [0.1, 0.15) is 40.4 Å². The highest BCUT2D eigenvalue weighted by molar-refractivity contribution is 5.76. The Labute approximate surface area is 196 Å². The molecule has 172 valence electrons. The van der Waals surface area contributed by atoms with Crippen LogP contribution >= 0.6 is 0 Å². The van der Waals surface area contributed by atoms with Crippen LogP contribution in [0.15, 0.2) is 59.4 Å². The van der Waals surface area contributed by atoms with Crippen LogP contribution in [0.25, 0.3) is 5.65 Å². The Bertz CT molecular complexity index is 1470. The first-order valence-electron chi connectivity index (χ1n) is 11.7. The zero-order valence-electron chi connectivity index (χ0n) is 19.1. The second-order valence-corrected chi connectivity index (χ2v) is 9.13. The van der Waals surface area contributed by atoms with Crippen molar-refractivity contribution in [1.82, 2.24) is 24.5 Å². The molecule has 1 aliphatic carbocycles. The van der Waals surface area contributed by atoms with Gasteiger partial charge in [-0.1, -0.05) is 48.5 Å². The van der Waals surface area contributed by atoms with Crippen LogP contribution in [0, 0.1) is 6.92 Å². The van der Waals surface area contributed by atoms with Crippen molar-refractivity contribution in [3.8, 4) is 0 Å². The molecule has 8 nitrogen and oxygen atoms in total. The van der Waals surface area contributed by atoms with Crippen molar-refractivity contribution in [2.75, 3.05) is 11.4 Å². The maximum Gasteiger partial charge on any atom is 0.353 e. The molecule has 0 saturated carbocycles. The summed E-state index contributed by atoms with van der Waals surface area (Å²) in [5.41, 5.74) is 5.93. The quantitative estimate of drug-likeness (QED) is 0.512. The fourth-order valence-electron chi connectivity index (χ4n) is 5.20. The molecule has 8 heteroatoms. The molecule has 2 aromatic heterocycles. The first kappa shape index (κ1) is 20.7. The number of hydrogen-bond donors (Lipinski definition) is 1. The Kier molecular flexibility index (Phi) is 4.94. The predicted octanol–water partition coefficient (Wildman–Crippen LogP) is 2.57. The van der Waals surface area contributed by atoms with Crippen molar-refractivity contribution < 1.29 is 4.79 Å². The third kappa shape index (κ3) is 3.55. The van der Waals surface area contributed by atoms with Crippen molar-refractivity contribution in [2.45, 2.75) is 45.3 Å². The molecule has 1 atom stereocenters. The van der Waals surface area contributed by atoms with Crippen molar-refractivity contribution in [1.29, 1.82) is 0 Å².